The van der Waals surface area contributed by atoms with Crippen LogP contribution in [0.3, 0.4) is 0 Å². The normalized spacial score (nSPS) is 15.2. The fourth-order valence-electron chi connectivity index (χ4n) is 2.65. The van der Waals surface area contributed by atoms with Crippen LogP contribution in [0.25, 0.3) is 0 Å². The first-order valence-corrected chi connectivity index (χ1v) is 8.03. The fourth-order valence-corrected chi connectivity index (χ4v) is 2.65. The van der Waals surface area contributed by atoms with Crippen molar-refractivity contribution >= 4 is 29.0 Å². The number of rotatable bonds is 4. The van der Waals surface area contributed by atoms with Gasteiger partial charge in [0.25, 0.3) is 0 Å². The Morgan fingerprint density at radius 1 is 1.16 bits per heavy atom. The number of hydrogen-bond acceptors (Lipinski definition) is 8. The number of nitro groups is 1. The molecule has 3 N–H and O–H groups in total. The van der Waals surface area contributed by atoms with Crippen LogP contribution in [-0.4, -0.2) is 53.0 Å². The first-order valence-electron chi connectivity index (χ1n) is 8.03. The van der Waals surface area contributed by atoms with Gasteiger partial charge in [0.15, 0.2) is 0 Å². The molecule has 0 atom stereocenters. The van der Waals surface area contributed by atoms with E-state index in [0.29, 0.717) is 11.6 Å². The smallest absolute Gasteiger partial charge is 0.353 e. The maximum Gasteiger partial charge on any atom is 0.353 e. The van der Waals surface area contributed by atoms with Crippen molar-refractivity contribution in [3.05, 3.63) is 39.9 Å². The Balaban J connectivity index is 1.95. The molecule has 0 spiro atoms. The minimum atomic E-state index is -0.556. The lowest BCUT2D eigenvalue weighted by molar-refractivity contribution is -0.383. The molecule has 0 aliphatic carbocycles. The Morgan fingerprint density at radius 3 is 2.40 bits per heavy atom. The number of anilines is 4. The highest BCUT2D eigenvalue weighted by atomic mass is 16.6. The summed E-state index contributed by atoms with van der Waals surface area (Å²) in [4.78, 5) is 23.6. The van der Waals surface area contributed by atoms with Gasteiger partial charge < -0.3 is 20.9 Å². The Hall–Kier alpha value is -2.94. The van der Waals surface area contributed by atoms with E-state index >= 15 is 0 Å². The van der Waals surface area contributed by atoms with Crippen molar-refractivity contribution in [2.75, 3.05) is 49.2 Å². The molecule has 1 fully saturated rings. The second kappa shape index (κ2) is 6.89. The minimum Gasteiger partial charge on any atom is -0.378 e. The minimum absolute atomic E-state index is 0.107. The zero-order valence-corrected chi connectivity index (χ0v) is 14.3. The van der Waals surface area contributed by atoms with Crippen molar-refractivity contribution in [3.8, 4) is 0 Å². The molecule has 0 bridgehead atoms. The maximum absolute atomic E-state index is 11.4. The summed E-state index contributed by atoms with van der Waals surface area (Å²) in [6.45, 7) is 5.22. The molecule has 1 aromatic heterocycles. The molecule has 1 aliphatic heterocycles. The van der Waals surface area contributed by atoms with Crippen molar-refractivity contribution < 1.29 is 4.92 Å². The Kier molecular flexibility index (Phi) is 4.66. The molecule has 132 valence electrons. The lowest BCUT2D eigenvalue weighted by Gasteiger charge is -2.32. The van der Waals surface area contributed by atoms with Gasteiger partial charge in [-0.1, -0.05) is 17.7 Å². The molecular weight excluding hydrogens is 322 g/mol. The highest BCUT2D eigenvalue weighted by Gasteiger charge is 2.26. The molecule has 3 rings (SSSR count). The van der Waals surface area contributed by atoms with Crippen molar-refractivity contribution in [1.29, 1.82) is 0 Å². The third-order valence-corrected chi connectivity index (χ3v) is 4.18. The average molecular weight is 343 g/mol. The van der Waals surface area contributed by atoms with E-state index < -0.39 is 4.92 Å². The Labute approximate surface area is 145 Å². The van der Waals surface area contributed by atoms with E-state index in [9.17, 15) is 10.1 Å². The summed E-state index contributed by atoms with van der Waals surface area (Å²) < 4.78 is 0. The van der Waals surface area contributed by atoms with Crippen LogP contribution in [0, 0.1) is 17.0 Å². The van der Waals surface area contributed by atoms with E-state index in [1.54, 1.807) is 0 Å². The van der Waals surface area contributed by atoms with Gasteiger partial charge in [-0.05, 0) is 26.1 Å². The van der Waals surface area contributed by atoms with Crippen LogP contribution >= 0.6 is 0 Å². The van der Waals surface area contributed by atoms with E-state index in [0.717, 1.165) is 31.7 Å². The third-order valence-electron chi connectivity index (χ3n) is 4.18. The number of benzene rings is 1. The Morgan fingerprint density at radius 2 is 1.80 bits per heavy atom. The number of aromatic nitrogens is 2. The van der Waals surface area contributed by atoms with Crippen LogP contribution in [0.1, 0.15) is 5.56 Å². The van der Waals surface area contributed by atoms with Gasteiger partial charge in [0.2, 0.25) is 17.6 Å². The first kappa shape index (κ1) is 16.9. The molecule has 0 unspecified atom stereocenters. The summed E-state index contributed by atoms with van der Waals surface area (Å²) in [5.41, 5.74) is 7.36. The summed E-state index contributed by atoms with van der Waals surface area (Å²) in [6, 6.07) is 7.51. The quantitative estimate of drug-likeness (QED) is 0.638. The third kappa shape index (κ3) is 3.77. The standard InChI is InChI=1S/C16H21N7O2/c1-11-3-5-12(6-4-11)18-15-13(23(24)25)14(17)19-16(20-15)22-9-7-21(2)8-10-22/h3-6H,7-10H2,1-2H3,(H3,17,18,19,20). The van der Waals surface area contributed by atoms with Crippen LogP contribution in [0.5, 0.6) is 0 Å². The molecule has 0 radical (unpaired) electrons. The molecule has 0 saturated carbocycles. The molecular formula is C16H21N7O2. The van der Waals surface area contributed by atoms with Crippen LogP contribution < -0.4 is 16.0 Å². The molecule has 1 aromatic carbocycles. The molecule has 9 nitrogen and oxygen atoms in total. The van der Waals surface area contributed by atoms with Crippen LogP contribution in [0.4, 0.5) is 29.0 Å². The van der Waals surface area contributed by atoms with E-state index in [1.807, 2.05) is 43.1 Å². The molecule has 0 amide bonds. The van der Waals surface area contributed by atoms with E-state index in [1.165, 1.54) is 0 Å². The van der Waals surface area contributed by atoms with Crippen LogP contribution in [0.15, 0.2) is 24.3 Å². The monoisotopic (exact) mass is 343 g/mol. The van der Waals surface area contributed by atoms with Gasteiger partial charge in [0.1, 0.15) is 0 Å². The topological polar surface area (TPSA) is 113 Å². The van der Waals surface area contributed by atoms with Crippen LogP contribution in [-0.2, 0) is 0 Å². The summed E-state index contributed by atoms with van der Waals surface area (Å²) in [5.74, 6) is 0.379. The highest BCUT2D eigenvalue weighted by molar-refractivity contribution is 5.74. The maximum atomic E-state index is 11.4. The Bertz CT molecular complexity index is 771. The van der Waals surface area contributed by atoms with Crippen molar-refractivity contribution in [1.82, 2.24) is 14.9 Å². The molecule has 2 heterocycles. The lowest BCUT2D eigenvalue weighted by atomic mass is 10.2. The summed E-state index contributed by atoms with van der Waals surface area (Å²) in [7, 11) is 2.05. The van der Waals surface area contributed by atoms with Gasteiger partial charge in [-0.2, -0.15) is 9.97 Å². The van der Waals surface area contributed by atoms with Gasteiger partial charge >= 0.3 is 5.69 Å². The number of aryl methyl sites for hydroxylation is 1. The lowest BCUT2D eigenvalue weighted by Crippen LogP contribution is -2.45. The van der Waals surface area contributed by atoms with Crippen molar-refractivity contribution in [3.63, 3.8) is 0 Å². The number of likely N-dealkylation sites (N-methyl/N-ethyl adjacent to an activating group) is 1. The predicted octanol–water partition coefficient (Wildman–Crippen LogP) is 1.77. The predicted molar refractivity (Wildman–Crippen MR) is 97.3 cm³/mol. The largest absolute Gasteiger partial charge is 0.378 e. The van der Waals surface area contributed by atoms with Crippen molar-refractivity contribution in [2.24, 2.45) is 0 Å². The van der Waals surface area contributed by atoms with Gasteiger partial charge in [-0.25, -0.2) is 0 Å². The fraction of sp³-hybridized carbons (Fsp3) is 0.375. The number of nitrogens with one attached hydrogen (secondary N) is 1. The number of nitrogens with zero attached hydrogens (tertiary/aromatic N) is 5. The number of nitrogen functional groups attached to an aromatic ring is 1. The van der Waals surface area contributed by atoms with Crippen LogP contribution in [0.2, 0.25) is 0 Å². The van der Waals surface area contributed by atoms with E-state index in [-0.39, 0.29) is 17.3 Å². The first-order chi connectivity index (χ1) is 11.9. The second-order valence-corrected chi connectivity index (χ2v) is 6.14. The van der Waals surface area contributed by atoms with Gasteiger partial charge in [-0.3, -0.25) is 10.1 Å². The second-order valence-electron chi connectivity index (χ2n) is 6.14. The SMILES string of the molecule is Cc1ccc(Nc2nc(N3CCN(C)CC3)nc(N)c2[N+](=O)[O-])cc1. The summed E-state index contributed by atoms with van der Waals surface area (Å²) in [6.07, 6.45) is 0. The molecule has 25 heavy (non-hydrogen) atoms. The average Bonchev–Trinajstić information content (AvgIpc) is 2.57. The van der Waals surface area contributed by atoms with Gasteiger partial charge in [-0.15, -0.1) is 0 Å². The molecule has 1 aliphatic rings. The zero-order valence-electron chi connectivity index (χ0n) is 14.3. The van der Waals surface area contributed by atoms with E-state index in [2.05, 4.69) is 20.2 Å². The van der Waals surface area contributed by atoms with E-state index in [4.69, 9.17) is 5.73 Å². The number of nitrogens with two attached hydrogens (primary N) is 1. The number of piperazine rings is 1. The number of hydrogen-bond donors (Lipinski definition) is 2. The van der Waals surface area contributed by atoms with Gasteiger partial charge in [0, 0.05) is 31.9 Å². The zero-order chi connectivity index (χ0) is 18.0. The summed E-state index contributed by atoms with van der Waals surface area (Å²) in [5, 5.41) is 14.4. The summed E-state index contributed by atoms with van der Waals surface area (Å²) >= 11 is 0. The molecule has 1 saturated heterocycles. The molecule has 2 aromatic rings. The molecule has 9 heteroatoms. The van der Waals surface area contributed by atoms with Gasteiger partial charge in [0.05, 0.1) is 4.92 Å². The van der Waals surface area contributed by atoms with Crippen molar-refractivity contribution in [2.45, 2.75) is 6.92 Å². The highest BCUT2D eigenvalue weighted by Crippen LogP contribution is 2.32.